The Labute approximate surface area is 157 Å². The number of aromatic nitrogens is 3. The van der Waals surface area contributed by atoms with E-state index < -0.39 is 0 Å². The number of imidazole rings is 1. The molecule has 2 aliphatic rings. The van der Waals surface area contributed by atoms with Gasteiger partial charge in [0, 0.05) is 49.9 Å². The number of nitrogens with one attached hydrogen (secondary N) is 1. The minimum Gasteiger partial charge on any atom is -0.354 e. The number of carbonyl (C=O) groups excluding carboxylic acids is 1. The molecule has 3 heterocycles. The Balaban J connectivity index is 1.26. The van der Waals surface area contributed by atoms with Gasteiger partial charge in [-0.25, -0.2) is 4.98 Å². The van der Waals surface area contributed by atoms with Gasteiger partial charge in [-0.2, -0.15) is 0 Å². The minimum atomic E-state index is -0.150. The Morgan fingerprint density at radius 3 is 2.73 bits per heavy atom. The van der Waals surface area contributed by atoms with Crippen LogP contribution >= 0.6 is 11.8 Å². The van der Waals surface area contributed by atoms with Crippen LogP contribution in [0.25, 0.3) is 0 Å². The van der Waals surface area contributed by atoms with E-state index in [1.54, 1.807) is 6.07 Å². The fraction of sp³-hybridized carbons (Fsp3) is 0.611. The van der Waals surface area contributed by atoms with Gasteiger partial charge in [0.15, 0.2) is 11.0 Å². The van der Waals surface area contributed by atoms with Crippen LogP contribution in [-0.4, -0.2) is 45.0 Å². The van der Waals surface area contributed by atoms with E-state index in [0.717, 1.165) is 49.7 Å². The van der Waals surface area contributed by atoms with Gasteiger partial charge in [-0.15, -0.1) is 0 Å². The Morgan fingerprint density at radius 2 is 2.04 bits per heavy atom. The van der Waals surface area contributed by atoms with Gasteiger partial charge in [0.2, 0.25) is 5.76 Å². The van der Waals surface area contributed by atoms with Crippen LogP contribution in [0.3, 0.4) is 0 Å². The predicted molar refractivity (Wildman–Crippen MR) is 101 cm³/mol. The molecule has 0 radical (unpaired) electrons. The highest BCUT2D eigenvalue weighted by molar-refractivity contribution is 7.99. The minimum absolute atomic E-state index is 0.150. The van der Waals surface area contributed by atoms with Crippen LogP contribution in [-0.2, 0) is 7.05 Å². The van der Waals surface area contributed by atoms with Gasteiger partial charge in [0.05, 0.1) is 0 Å². The van der Waals surface area contributed by atoms with Crippen LogP contribution in [0, 0.1) is 0 Å². The zero-order chi connectivity index (χ0) is 17.9. The Kier molecular flexibility index (Phi) is 5.19. The lowest BCUT2D eigenvalue weighted by Crippen LogP contribution is -2.38. The molecular weight excluding hydrogens is 350 g/mol. The summed E-state index contributed by atoms with van der Waals surface area (Å²) in [5.74, 6) is 0.947. The second kappa shape index (κ2) is 7.73. The molecule has 8 heteroatoms. The number of nitrogens with zero attached hydrogens (tertiary/aromatic N) is 4. The number of thioether (sulfide) groups is 1. The Bertz CT molecular complexity index is 744. The maximum atomic E-state index is 12.4. The number of aryl methyl sites for hydroxylation is 1. The molecule has 1 saturated carbocycles. The topological polar surface area (TPSA) is 76.2 Å². The first-order chi connectivity index (χ1) is 12.7. The van der Waals surface area contributed by atoms with Gasteiger partial charge in [-0.1, -0.05) is 16.9 Å². The molecule has 7 nitrogen and oxygen atoms in total. The zero-order valence-corrected chi connectivity index (χ0v) is 15.9. The molecule has 0 atom stereocenters. The molecule has 2 aromatic rings. The largest absolute Gasteiger partial charge is 0.354 e. The van der Waals surface area contributed by atoms with E-state index in [1.807, 2.05) is 31.2 Å². The van der Waals surface area contributed by atoms with Crippen molar-refractivity contribution in [2.45, 2.75) is 55.0 Å². The van der Waals surface area contributed by atoms with Gasteiger partial charge in [0.25, 0.3) is 5.91 Å². The summed E-state index contributed by atoms with van der Waals surface area (Å²) in [5, 5.41) is 8.79. The van der Waals surface area contributed by atoms with Crippen molar-refractivity contribution in [3.8, 4) is 0 Å². The molecule has 0 spiro atoms. The van der Waals surface area contributed by atoms with Crippen molar-refractivity contribution < 1.29 is 9.32 Å². The molecule has 1 N–H and O–H groups in total. The number of hydrogen-bond donors (Lipinski definition) is 1. The number of hydrogen-bond acceptors (Lipinski definition) is 6. The van der Waals surface area contributed by atoms with E-state index in [2.05, 4.69) is 24.9 Å². The number of rotatable bonds is 5. The van der Waals surface area contributed by atoms with E-state index in [4.69, 9.17) is 4.52 Å². The van der Waals surface area contributed by atoms with Gasteiger partial charge in [0.1, 0.15) is 0 Å². The second-order valence-corrected chi connectivity index (χ2v) is 8.40. The summed E-state index contributed by atoms with van der Waals surface area (Å²) >= 11 is 1.84. The van der Waals surface area contributed by atoms with E-state index >= 15 is 0 Å². The fourth-order valence-corrected chi connectivity index (χ4v) is 4.82. The molecule has 0 aromatic carbocycles. The standard InChI is InChI=1S/C18H25N5O2S/c1-22-11-8-19-18(22)26-14-6-4-13(5-7-14)20-17(24)15-12-16(21-25-15)23-9-2-3-10-23/h8,11-14H,2-7,9-10H2,1H3,(H,20,24). The molecular formula is C18H25N5O2S. The molecule has 0 unspecified atom stereocenters. The average Bonchev–Trinajstić information content (AvgIpc) is 3.38. The number of carbonyl (C=O) groups is 1. The fourth-order valence-electron chi connectivity index (χ4n) is 3.66. The van der Waals surface area contributed by atoms with Crippen LogP contribution in [0.15, 0.2) is 28.1 Å². The first-order valence-electron chi connectivity index (χ1n) is 9.35. The highest BCUT2D eigenvalue weighted by atomic mass is 32.2. The third-order valence-corrected chi connectivity index (χ3v) is 6.62. The van der Waals surface area contributed by atoms with E-state index in [1.165, 1.54) is 12.8 Å². The van der Waals surface area contributed by atoms with Crippen LogP contribution in [0.4, 0.5) is 5.82 Å². The maximum absolute atomic E-state index is 12.4. The highest BCUT2D eigenvalue weighted by Gasteiger charge is 2.26. The molecule has 0 bridgehead atoms. The molecule has 1 amide bonds. The van der Waals surface area contributed by atoms with Crippen molar-refractivity contribution in [3.63, 3.8) is 0 Å². The van der Waals surface area contributed by atoms with Crippen LogP contribution in [0.1, 0.15) is 49.1 Å². The van der Waals surface area contributed by atoms with Crippen molar-refractivity contribution >= 4 is 23.5 Å². The monoisotopic (exact) mass is 375 g/mol. The van der Waals surface area contributed by atoms with Crippen molar-refractivity contribution in [1.82, 2.24) is 20.0 Å². The summed E-state index contributed by atoms with van der Waals surface area (Å²) in [5.41, 5.74) is 0. The van der Waals surface area contributed by atoms with E-state index in [-0.39, 0.29) is 11.9 Å². The molecule has 1 aliphatic carbocycles. The van der Waals surface area contributed by atoms with Gasteiger partial charge in [-0.3, -0.25) is 4.79 Å². The van der Waals surface area contributed by atoms with E-state index in [9.17, 15) is 4.79 Å². The Hall–Kier alpha value is -1.96. The van der Waals surface area contributed by atoms with Crippen molar-refractivity contribution in [1.29, 1.82) is 0 Å². The lowest BCUT2D eigenvalue weighted by molar-refractivity contribution is 0.0891. The maximum Gasteiger partial charge on any atom is 0.290 e. The summed E-state index contributed by atoms with van der Waals surface area (Å²) in [6.07, 6.45) is 10.3. The molecule has 1 saturated heterocycles. The van der Waals surface area contributed by atoms with Gasteiger partial charge < -0.3 is 19.3 Å². The van der Waals surface area contributed by atoms with Crippen LogP contribution in [0.2, 0.25) is 0 Å². The molecule has 1 aliphatic heterocycles. The number of amides is 1. The SMILES string of the molecule is Cn1ccnc1SC1CCC(NC(=O)c2cc(N3CCCC3)no2)CC1. The molecule has 4 rings (SSSR count). The average molecular weight is 375 g/mol. The van der Waals surface area contributed by atoms with Crippen molar-refractivity contribution in [3.05, 3.63) is 24.2 Å². The summed E-state index contributed by atoms with van der Waals surface area (Å²) in [4.78, 5) is 19.0. The summed E-state index contributed by atoms with van der Waals surface area (Å²) in [6, 6.07) is 1.98. The van der Waals surface area contributed by atoms with Crippen molar-refractivity contribution in [2.24, 2.45) is 7.05 Å². The first kappa shape index (κ1) is 17.5. The zero-order valence-electron chi connectivity index (χ0n) is 15.1. The quantitative estimate of drug-likeness (QED) is 0.866. The summed E-state index contributed by atoms with van der Waals surface area (Å²) < 4.78 is 7.32. The first-order valence-corrected chi connectivity index (χ1v) is 10.2. The van der Waals surface area contributed by atoms with Crippen LogP contribution in [0.5, 0.6) is 0 Å². The second-order valence-electron chi connectivity index (χ2n) is 7.13. The molecule has 2 aromatic heterocycles. The molecule has 2 fully saturated rings. The van der Waals surface area contributed by atoms with Crippen molar-refractivity contribution in [2.75, 3.05) is 18.0 Å². The highest BCUT2D eigenvalue weighted by Crippen LogP contribution is 2.32. The predicted octanol–water partition coefficient (Wildman–Crippen LogP) is 2.84. The van der Waals surface area contributed by atoms with Gasteiger partial charge >= 0.3 is 0 Å². The van der Waals surface area contributed by atoms with E-state index in [0.29, 0.717) is 11.0 Å². The lowest BCUT2D eigenvalue weighted by atomic mass is 9.95. The summed E-state index contributed by atoms with van der Waals surface area (Å²) in [6.45, 7) is 1.98. The lowest BCUT2D eigenvalue weighted by Gasteiger charge is -2.28. The molecule has 26 heavy (non-hydrogen) atoms. The smallest absolute Gasteiger partial charge is 0.290 e. The summed E-state index contributed by atoms with van der Waals surface area (Å²) in [7, 11) is 2.02. The normalized spacial score (nSPS) is 23.3. The van der Waals surface area contributed by atoms with Crippen LogP contribution < -0.4 is 10.2 Å². The third kappa shape index (κ3) is 3.90. The third-order valence-electron chi connectivity index (χ3n) is 5.21. The molecule has 140 valence electrons. The number of anilines is 1. The van der Waals surface area contributed by atoms with Gasteiger partial charge in [-0.05, 0) is 38.5 Å². The Morgan fingerprint density at radius 1 is 1.27 bits per heavy atom.